The highest BCUT2D eigenvalue weighted by Crippen LogP contribution is 2.21. The van der Waals surface area contributed by atoms with Crippen LogP contribution in [0.5, 0.6) is 5.75 Å². The van der Waals surface area contributed by atoms with Gasteiger partial charge in [0, 0.05) is 12.8 Å². The first-order valence-corrected chi connectivity index (χ1v) is 5.27. The summed E-state index contributed by atoms with van der Waals surface area (Å²) in [6.07, 6.45) is 0.596. The normalized spacial score (nSPS) is 11.9. The Morgan fingerprint density at radius 1 is 1.25 bits per heavy atom. The highest BCUT2D eigenvalue weighted by molar-refractivity contribution is 5.78. The van der Waals surface area contributed by atoms with E-state index >= 15 is 0 Å². The Balaban J connectivity index is 2.86. The van der Waals surface area contributed by atoms with Gasteiger partial charge in [-0.3, -0.25) is 9.59 Å². The Morgan fingerprint density at radius 3 is 2.44 bits per heavy atom. The van der Waals surface area contributed by atoms with Crippen molar-refractivity contribution in [1.82, 2.24) is 0 Å². The van der Waals surface area contributed by atoms with E-state index in [1.54, 1.807) is 19.1 Å². The minimum Gasteiger partial charge on any atom is -0.426 e. The number of ketones is 1. The number of carbonyl (C=O) groups excluding carboxylic acids is 2. The summed E-state index contributed by atoms with van der Waals surface area (Å²) < 4.78 is 5.08. The van der Waals surface area contributed by atoms with Crippen molar-refractivity contribution < 1.29 is 14.3 Å². The first kappa shape index (κ1) is 12.4. The second-order valence-electron chi connectivity index (χ2n) is 3.92. The molecule has 3 heteroatoms. The van der Waals surface area contributed by atoms with Crippen molar-refractivity contribution in [3.05, 3.63) is 29.8 Å². The quantitative estimate of drug-likeness (QED) is 0.578. The molecule has 1 atom stereocenters. The lowest BCUT2D eigenvalue weighted by Gasteiger charge is -2.11. The molecule has 1 rings (SSSR count). The van der Waals surface area contributed by atoms with Crippen LogP contribution in [0.4, 0.5) is 0 Å². The summed E-state index contributed by atoms with van der Waals surface area (Å²) in [5.74, 6) is 0.278. The summed E-state index contributed by atoms with van der Waals surface area (Å²) in [6, 6.07) is 7.29. The van der Waals surface area contributed by atoms with E-state index in [9.17, 15) is 9.59 Å². The molecule has 0 amide bonds. The van der Waals surface area contributed by atoms with Gasteiger partial charge in [-0.1, -0.05) is 25.1 Å². The Hall–Kier alpha value is -1.64. The predicted octanol–water partition coefficient (Wildman–Crippen LogP) is 2.38. The van der Waals surface area contributed by atoms with Gasteiger partial charge >= 0.3 is 5.97 Å². The smallest absolute Gasteiger partial charge is 0.308 e. The fraction of sp³-hybridized carbons (Fsp3) is 0.385. The van der Waals surface area contributed by atoms with E-state index in [4.69, 9.17) is 4.74 Å². The fourth-order valence-corrected chi connectivity index (χ4v) is 1.40. The number of ether oxygens (including phenoxy) is 1. The third kappa shape index (κ3) is 3.50. The minimum atomic E-state index is -0.345. The molecule has 0 N–H and O–H groups in total. The predicted molar refractivity (Wildman–Crippen MR) is 61.3 cm³/mol. The van der Waals surface area contributed by atoms with Gasteiger partial charge in [0.25, 0.3) is 0 Å². The number of hydrogen-bond donors (Lipinski definition) is 0. The van der Waals surface area contributed by atoms with Crippen LogP contribution in [0.15, 0.2) is 24.3 Å². The van der Waals surface area contributed by atoms with Gasteiger partial charge in [-0.05, 0) is 25.0 Å². The largest absolute Gasteiger partial charge is 0.426 e. The molecule has 0 bridgehead atoms. The van der Waals surface area contributed by atoms with Crippen molar-refractivity contribution >= 4 is 11.8 Å². The van der Waals surface area contributed by atoms with Crippen LogP contribution in [0.2, 0.25) is 0 Å². The number of carbonyl (C=O) groups is 2. The second kappa shape index (κ2) is 5.45. The summed E-state index contributed by atoms with van der Waals surface area (Å²) in [7, 11) is 0. The van der Waals surface area contributed by atoms with Crippen molar-refractivity contribution in [2.75, 3.05) is 0 Å². The van der Waals surface area contributed by atoms with Crippen LogP contribution < -0.4 is 4.74 Å². The molecular formula is C13H16O3. The van der Waals surface area contributed by atoms with Crippen molar-refractivity contribution in [3.63, 3.8) is 0 Å². The molecule has 1 unspecified atom stereocenters. The van der Waals surface area contributed by atoms with Crippen molar-refractivity contribution in [3.8, 4) is 5.75 Å². The molecule has 0 aliphatic carbocycles. The number of hydrogen-bond acceptors (Lipinski definition) is 3. The molecule has 0 aromatic heterocycles. The molecule has 86 valence electrons. The summed E-state index contributed by atoms with van der Waals surface area (Å²) >= 11 is 0. The van der Waals surface area contributed by atoms with Crippen LogP contribution in [0.25, 0.3) is 0 Å². The molecule has 1 aromatic carbocycles. The zero-order valence-electron chi connectivity index (χ0n) is 9.82. The van der Waals surface area contributed by atoms with Gasteiger partial charge in [-0.15, -0.1) is 0 Å². The molecule has 0 aliphatic rings. The summed E-state index contributed by atoms with van der Waals surface area (Å²) in [5, 5.41) is 0. The number of benzene rings is 1. The van der Waals surface area contributed by atoms with E-state index in [1.807, 2.05) is 19.1 Å². The first-order chi connectivity index (χ1) is 7.50. The van der Waals surface area contributed by atoms with Crippen molar-refractivity contribution in [1.29, 1.82) is 0 Å². The molecule has 1 aromatic rings. The minimum absolute atomic E-state index is 0.0586. The molecule has 0 aliphatic heterocycles. The van der Waals surface area contributed by atoms with Gasteiger partial charge in [0.05, 0.1) is 0 Å². The molecule has 0 radical (unpaired) electrons. The lowest BCUT2D eigenvalue weighted by molar-refractivity contribution is -0.131. The van der Waals surface area contributed by atoms with E-state index in [-0.39, 0.29) is 17.7 Å². The van der Waals surface area contributed by atoms with E-state index in [2.05, 4.69) is 0 Å². The molecular weight excluding hydrogens is 204 g/mol. The maximum atomic E-state index is 11.2. The average Bonchev–Trinajstić information content (AvgIpc) is 2.20. The monoisotopic (exact) mass is 220 g/mol. The molecule has 0 heterocycles. The van der Waals surface area contributed by atoms with Gasteiger partial charge in [0.15, 0.2) is 0 Å². The zero-order chi connectivity index (χ0) is 12.1. The van der Waals surface area contributed by atoms with Gasteiger partial charge in [-0.2, -0.15) is 0 Å². The maximum absolute atomic E-state index is 11.2. The second-order valence-corrected chi connectivity index (χ2v) is 3.92. The first-order valence-electron chi connectivity index (χ1n) is 5.27. The van der Waals surface area contributed by atoms with Gasteiger partial charge in [0.2, 0.25) is 0 Å². The lowest BCUT2D eigenvalue weighted by Crippen LogP contribution is -2.11. The van der Waals surface area contributed by atoms with E-state index in [0.29, 0.717) is 12.2 Å². The van der Waals surface area contributed by atoms with Gasteiger partial charge in [-0.25, -0.2) is 0 Å². The SMILES string of the molecule is CC(=O)Oc1ccccc1CC(C)C(C)=O. The van der Waals surface area contributed by atoms with Crippen LogP contribution in [0, 0.1) is 5.92 Å². The van der Waals surface area contributed by atoms with Crippen LogP contribution in [0.1, 0.15) is 26.3 Å². The summed E-state index contributed by atoms with van der Waals surface area (Å²) in [6.45, 7) is 4.80. The van der Waals surface area contributed by atoms with Crippen LogP contribution >= 0.6 is 0 Å². The van der Waals surface area contributed by atoms with Crippen LogP contribution in [-0.2, 0) is 16.0 Å². The molecule has 0 saturated heterocycles. The van der Waals surface area contributed by atoms with E-state index in [0.717, 1.165) is 5.56 Å². The lowest BCUT2D eigenvalue weighted by atomic mass is 9.97. The molecule has 16 heavy (non-hydrogen) atoms. The van der Waals surface area contributed by atoms with Crippen molar-refractivity contribution in [2.24, 2.45) is 5.92 Å². The third-order valence-electron chi connectivity index (χ3n) is 2.45. The number of rotatable bonds is 4. The Bertz CT molecular complexity index is 396. The Labute approximate surface area is 95.4 Å². The van der Waals surface area contributed by atoms with E-state index in [1.165, 1.54) is 6.92 Å². The molecule has 3 nitrogen and oxygen atoms in total. The molecule has 0 spiro atoms. The topological polar surface area (TPSA) is 43.4 Å². The number of Topliss-reactive ketones (excluding diaryl/α,β-unsaturated/α-hetero) is 1. The summed E-state index contributed by atoms with van der Waals surface area (Å²) in [5.41, 5.74) is 0.889. The van der Waals surface area contributed by atoms with Crippen LogP contribution in [0.3, 0.4) is 0 Å². The average molecular weight is 220 g/mol. The fourth-order valence-electron chi connectivity index (χ4n) is 1.40. The highest BCUT2D eigenvalue weighted by Gasteiger charge is 2.12. The van der Waals surface area contributed by atoms with Crippen molar-refractivity contribution in [2.45, 2.75) is 27.2 Å². The van der Waals surface area contributed by atoms with Gasteiger partial charge < -0.3 is 4.74 Å². The number of para-hydroxylation sites is 1. The molecule has 0 saturated carbocycles. The maximum Gasteiger partial charge on any atom is 0.308 e. The standard InChI is InChI=1S/C13H16O3/c1-9(10(2)14)8-12-6-4-5-7-13(12)16-11(3)15/h4-7,9H,8H2,1-3H3. The van der Waals surface area contributed by atoms with E-state index < -0.39 is 0 Å². The number of esters is 1. The zero-order valence-corrected chi connectivity index (χ0v) is 9.82. The van der Waals surface area contributed by atoms with Gasteiger partial charge in [0.1, 0.15) is 11.5 Å². The highest BCUT2D eigenvalue weighted by atomic mass is 16.5. The summed E-state index contributed by atoms with van der Waals surface area (Å²) in [4.78, 5) is 22.1. The molecule has 0 fully saturated rings. The van der Waals surface area contributed by atoms with Crippen LogP contribution in [-0.4, -0.2) is 11.8 Å². The Kier molecular flexibility index (Phi) is 4.23. The Morgan fingerprint density at radius 2 is 1.88 bits per heavy atom. The third-order valence-corrected chi connectivity index (χ3v) is 2.45.